The number of benzene rings is 2. The average molecular weight is 287 g/mol. The van der Waals surface area contributed by atoms with Crippen molar-refractivity contribution < 1.29 is 9.59 Å². The molecule has 1 saturated heterocycles. The molecule has 0 radical (unpaired) electrons. The molecule has 3 rings (SSSR count). The van der Waals surface area contributed by atoms with E-state index in [1.54, 1.807) is 36.4 Å². The van der Waals surface area contributed by atoms with E-state index in [1.807, 2.05) is 18.2 Å². The van der Waals surface area contributed by atoms with Gasteiger partial charge in [0, 0.05) is 5.69 Å². The third-order valence-corrected chi connectivity index (χ3v) is 3.45. The Balaban J connectivity index is 1.98. The molecule has 0 bridgehead atoms. The van der Waals surface area contributed by atoms with Crippen LogP contribution in [0.3, 0.4) is 0 Å². The van der Waals surface area contributed by atoms with E-state index in [1.165, 1.54) is 4.90 Å². The van der Waals surface area contributed by atoms with Gasteiger partial charge in [0.15, 0.2) is 0 Å². The largest absolute Gasteiger partial charge is 0.336 e. The Hall–Kier alpha value is -2.33. The number of nitrogens with zero attached hydrogens (tertiary/aromatic N) is 2. The van der Waals surface area contributed by atoms with Gasteiger partial charge in [-0.05, 0) is 24.3 Å². The van der Waals surface area contributed by atoms with Crippen LogP contribution < -0.4 is 9.80 Å². The normalized spacial score (nSPS) is 15.1. The Bertz CT molecular complexity index is 673. The van der Waals surface area contributed by atoms with Gasteiger partial charge < -0.3 is 0 Å². The van der Waals surface area contributed by atoms with Crippen LogP contribution in [0.1, 0.15) is 0 Å². The van der Waals surface area contributed by atoms with Gasteiger partial charge in [-0.25, -0.2) is 9.69 Å². The van der Waals surface area contributed by atoms with Crippen molar-refractivity contribution in [2.24, 2.45) is 0 Å². The molecule has 4 nitrogen and oxygen atoms in total. The van der Waals surface area contributed by atoms with Crippen LogP contribution in [0.25, 0.3) is 0 Å². The lowest BCUT2D eigenvalue weighted by Crippen LogP contribution is -2.33. The maximum atomic E-state index is 12.4. The second-order valence-corrected chi connectivity index (χ2v) is 4.79. The van der Waals surface area contributed by atoms with Crippen molar-refractivity contribution in [1.82, 2.24) is 0 Å². The van der Waals surface area contributed by atoms with Crippen LogP contribution in [0.2, 0.25) is 5.02 Å². The summed E-state index contributed by atoms with van der Waals surface area (Å²) in [4.78, 5) is 27.1. The number of hydrogen-bond donors (Lipinski definition) is 0. The van der Waals surface area contributed by atoms with Gasteiger partial charge in [0.1, 0.15) is 6.54 Å². The van der Waals surface area contributed by atoms with E-state index in [9.17, 15) is 9.59 Å². The minimum atomic E-state index is -0.380. The lowest BCUT2D eigenvalue weighted by atomic mass is 10.3. The molecule has 0 aromatic heterocycles. The highest BCUT2D eigenvalue weighted by Crippen LogP contribution is 2.30. The fraction of sp³-hybridized carbons (Fsp3) is 0.0667. The molecule has 0 aliphatic carbocycles. The van der Waals surface area contributed by atoms with Gasteiger partial charge in [-0.2, -0.15) is 0 Å². The van der Waals surface area contributed by atoms with Gasteiger partial charge in [-0.15, -0.1) is 0 Å². The van der Waals surface area contributed by atoms with E-state index in [4.69, 9.17) is 11.6 Å². The van der Waals surface area contributed by atoms with E-state index in [2.05, 4.69) is 0 Å². The predicted octanol–water partition coefficient (Wildman–Crippen LogP) is 3.31. The first-order chi connectivity index (χ1) is 9.68. The Labute approximate surface area is 121 Å². The summed E-state index contributed by atoms with van der Waals surface area (Å²) in [5.74, 6) is -0.285. The summed E-state index contributed by atoms with van der Waals surface area (Å²) in [5, 5.41) is 0.379. The molecule has 1 aliphatic heterocycles. The molecule has 1 aliphatic rings. The first-order valence-corrected chi connectivity index (χ1v) is 6.50. The molecule has 1 fully saturated rings. The number of amides is 3. The van der Waals surface area contributed by atoms with Gasteiger partial charge in [0.25, 0.3) is 5.91 Å². The molecule has 20 heavy (non-hydrogen) atoms. The smallest absolute Gasteiger partial charge is 0.284 e. The van der Waals surface area contributed by atoms with Crippen molar-refractivity contribution in [1.29, 1.82) is 0 Å². The van der Waals surface area contributed by atoms with Gasteiger partial charge >= 0.3 is 6.03 Å². The zero-order valence-electron chi connectivity index (χ0n) is 10.5. The summed E-state index contributed by atoms with van der Waals surface area (Å²) in [5.41, 5.74) is 1.11. The number of hydrogen-bond acceptors (Lipinski definition) is 2. The molecule has 100 valence electrons. The summed E-state index contributed by atoms with van der Waals surface area (Å²) in [6, 6.07) is 15.5. The monoisotopic (exact) mass is 286 g/mol. The van der Waals surface area contributed by atoms with Gasteiger partial charge in [-0.3, -0.25) is 9.69 Å². The third-order valence-electron chi connectivity index (χ3n) is 3.13. The summed E-state index contributed by atoms with van der Waals surface area (Å²) >= 11 is 6.06. The molecular weight excluding hydrogens is 276 g/mol. The van der Waals surface area contributed by atoms with Crippen molar-refractivity contribution in [3.8, 4) is 0 Å². The lowest BCUT2D eigenvalue weighted by Gasteiger charge is -2.17. The van der Waals surface area contributed by atoms with Crippen LogP contribution in [0.4, 0.5) is 16.2 Å². The van der Waals surface area contributed by atoms with Crippen molar-refractivity contribution in [2.45, 2.75) is 0 Å². The molecule has 1 heterocycles. The number of imide groups is 1. The highest BCUT2D eigenvalue weighted by Gasteiger charge is 2.38. The Morgan fingerprint density at radius 1 is 0.900 bits per heavy atom. The number of carbonyl (C=O) groups is 2. The molecule has 5 heteroatoms. The van der Waals surface area contributed by atoms with Crippen LogP contribution in [0, 0.1) is 0 Å². The van der Waals surface area contributed by atoms with Gasteiger partial charge in [-0.1, -0.05) is 41.9 Å². The number of anilines is 2. The quantitative estimate of drug-likeness (QED) is 0.795. The number of rotatable bonds is 2. The molecule has 0 unspecified atom stereocenters. The summed E-state index contributed by atoms with van der Waals surface area (Å²) < 4.78 is 0. The highest BCUT2D eigenvalue weighted by molar-refractivity contribution is 6.36. The summed E-state index contributed by atoms with van der Waals surface area (Å²) in [6.45, 7) is 0.0219. The Morgan fingerprint density at radius 3 is 2.25 bits per heavy atom. The predicted molar refractivity (Wildman–Crippen MR) is 78.1 cm³/mol. The molecule has 0 spiro atoms. The first-order valence-electron chi connectivity index (χ1n) is 6.12. The second-order valence-electron chi connectivity index (χ2n) is 4.38. The van der Waals surface area contributed by atoms with Crippen LogP contribution in [0.15, 0.2) is 54.6 Å². The minimum Gasteiger partial charge on any atom is -0.284 e. The molecule has 3 amide bonds. The minimum absolute atomic E-state index is 0.0219. The molecule has 0 atom stereocenters. The van der Waals surface area contributed by atoms with E-state index < -0.39 is 0 Å². The standard InChI is InChI=1S/C15H11ClN2O2/c16-12-8-4-5-9-13(12)18-14(19)10-17(15(18)20)11-6-2-1-3-7-11/h1-9H,10H2. The van der Waals surface area contributed by atoms with Crippen molar-refractivity contribution in [3.05, 3.63) is 59.6 Å². The fourth-order valence-electron chi connectivity index (χ4n) is 2.18. The zero-order chi connectivity index (χ0) is 14.1. The van der Waals surface area contributed by atoms with Gasteiger partial charge in [0.2, 0.25) is 0 Å². The van der Waals surface area contributed by atoms with Gasteiger partial charge in [0.05, 0.1) is 10.7 Å². The molecule has 2 aromatic carbocycles. The average Bonchev–Trinajstić information content (AvgIpc) is 2.76. The fourth-order valence-corrected chi connectivity index (χ4v) is 2.40. The Morgan fingerprint density at radius 2 is 1.55 bits per heavy atom. The number of para-hydroxylation sites is 2. The van der Waals surface area contributed by atoms with E-state index in [0.29, 0.717) is 16.4 Å². The maximum Gasteiger partial charge on any atom is 0.336 e. The van der Waals surface area contributed by atoms with E-state index in [-0.39, 0.29) is 18.5 Å². The van der Waals surface area contributed by atoms with Crippen molar-refractivity contribution in [3.63, 3.8) is 0 Å². The third kappa shape index (κ3) is 2.04. The van der Waals surface area contributed by atoms with Crippen molar-refractivity contribution >= 4 is 34.9 Å². The van der Waals surface area contributed by atoms with Crippen LogP contribution in [-0.2, 0) is 4.79 Å². The van der Waals surface area contributed by atoms with E-state index in [0.717, 1.165) is 4.90 Å². The Kier molecular flexibility index (Phi) is 3.16. The number of carbonyl (C=O) groups excluding carboxylic acids is 2. The zero-order valence-corrected chi connectivity index (χ0v) is 11.2. The van der Waals surface area contributed by atoms with Crippen LogP contribution in [-0.4, -0.2) is 18.5 Å². The highest BCUT2D eigenvalue weighted by atomic mass is 35.5. The van der Waals surface area contributed by atoms with Crippen LogP contribution in [0.5, 0.6) is 0 Å². The molecule has 0 N–H and O–H groups in total. The first kappa shape index (κ1) is 12.7. The SMILES string of the molecule is O=C1CN(c2ccccc2)C(=O)N1c1ccccc1Cl. The second kappa shape index (κ2) is 4.98. The summed E-state index contributed by atoms with van der Waals surface area (Å²) in [6.07, 6.45) is 0. The number of halogens is 1. The lowest BCUT2D eigenvalue weighted by molar-refractivity contribution is -0.115. The topological polar surface area (TPSA) is 40.6 Å². The molecular formula is C15H11ClN2O2. The number of urea groups is 1. The molecule has 2 aromatic rings. The molecule has 0 saturated carbocycles. The van der Waals surface area contributed by atoms with Crippen molar-refractivity contribution in [2.75, 3.05) is 16.3 Å². The van der Waals surface area contributed by atoms with E-state index >= 15 is 0 Å². The maximum absolute atomic E-state index is 12.4. The van der Waals surface area contributed by atoms with Crippen LogP contribution >= 0.6 is 11.6 Å². The summed E-state index contributed by atoms with van der Waals surface area (Å²) in [7, 11) is 0.